The maximum absolute atomic E-state index is 4.18. The summed E-state index contributed by atoms with van der Waals surface area (Å²) in [7, 11) is 0. The normalized spacial score (nSPS) is 8.54. The fraction of sp³-hybridized carbons (Fsp3) is 0.196. The molecule has 9 aromatic rings. The van der Waals surface area contributed by atoms with E-state index in [4.69, 9.17) is 0 Å². The molecule has 0 amide bonds. The van der Waals surface area contributed by atoms with Crippen molar-refractivity contribution in [1.29, 1.82) is 0 Å². The molecule has 0 N–H and O–H groups in total. The smallest absolute Gasteiger partial charge is 0.159 e. The number of hydrogen-bond acceptors (Lipinski definition) is 5. The SMILES string of the molecule is CC.CC.CC.CC.CC.c1ccc2ccccc2c1.c1ccc2ncccc2c1.c1ccc2nccnc2c1.c1ccccc1.c1cnc2ncccc2c1. The average molecular weight is 746 g/mol. The maximum atomic E-state index is 4.18. The van der Waals surface area contributed by atoms with Crippen LogP contribution in [0.5, 0.6) is 0 Å². The zero-order chi connectivity index (χ0) is 41.5. The largest absolute Gasteiger partial charge is 0.256 e. The molecule has 292 valence electrons. The molecule has 9 rings (SSSR count). The molecule has 0 saturated carbocycles. The van der Waals surface area contributed by atoms with Gasteiger partial charge < -0.3 is 0 Å². The van der Waals surface area contributed by atoms with Crippen LogP contribution in [0, 0.1) is 0 Å². The van der Waals surface area contributed by atoms with Gasteiger partial charge in [0.2, 0.25) is 0 Å². The Morgan fingerprint density at radius 2 is 0.482 bits per heavy atom. The molecule has 0 fully saturated rings. The number of pyridine rings is 3. The van der Waals surface area contributed by atoms with Gasteiger partial charge in [0.25, 0.3) is 0 Å². The van der Waals surface area contributed by atoms with E-state index in [9.17, 15) is 0 Å². The molecule has 0 aliphatic heterocycles. The van der Waals surface area contributed by atoms with Crippen LogP contribution in [0.4, 0.5) is 0 Å². The molecule has 5 nitrogen and oxygen atoms in total. The molecule has 5 aromatic carbocycles. The second kappa shape index (κ2) is 35.7. The monoisotopic (exact) mass is 746 g/mol. The van der Waals surface area contributed by atoms with Gasteiger partial charge in [-0.1, -0.05) is 191 Å². The average Bonchev–Trinajstić information content (AvgIpc) is 3.34. The highest BCUT2D eigenvalue weighted by molar-refractivity contribution is 5.82. The van der Waals surface area contributed by atoms with Crippen molar-refractivity contribution in [3.63, 3.8) is 0 Å². The van der Waals surface area contributed by atoms with Crippen molar-refractivity contribution in [3.05, 3.63) is 201 Å². The van der Waals surface area contributed by atoms with Gasteiger partial charge in [-0.3, -0.25) is 15.0 Å². The highest BCUT2D eigenvalue weighted by Crippen LogP contribution is 2.11. The Morgan fingerprint density at radius 1 is 0.214 bits per heavy atom. The lowest BCUT2D eigenvalue weighted by molar-refractivity contribution is 1.29. The predicted molar refractivity (Wildman–Crippen MR) is 248 cm³/mol. The van der Waals surface area contributed by atoms with E-state index >= 15 is 0 Å². The van der Waals surface area contributed by atoms with Crippen molar-refractivity contribution in [1.82, 2.24) is 24.9 Å². The van der Waals surface area contributed by atoms with E-state index in [1.807, 2.05) is 185 Å². The van der Waals surface area contributed by atoms with Gasteiger partial charge in [-0.2, -0.15) is 0 Å². The fourth-order valence-electron chi connectivity index (χ4n) is 4.35. The molecule has 0 aliphatic rings. The second-order valence-corrected chi connectivity index (χ2v) is 9.80. The Hall–Kier alpha value is -6.33. The lowest BCUT2D eigenvalue weighted by atomic mass is 10.1. The van der Waals surface area contributed by atoms with Crippen LogP contribution in [0.3, 0.4) is 0 Å². The van der Waals surface area contributed by atoms with Crippen LogP contribution >= 0.6 is 0 Å². The first kappa shape index (κ1) is 49.7. The van der Waals surface area contributed by atoms with Gasteiger partial charge in [0.1, 0.15) is 0 Å². The predicted octanol–water partition coefficient (Wildman–Crippen LogP) is 15.2. The van der Waals surface area contributed by atoms with E-state index in [2.05, 4.69) is 85.6 Å². The van der Waals surface area contributed by atoms with Gasteiger partial charge in [-0.25, -0.2) is 9.97 Å². The maximum Gasteiger partial charge on any atom is 0.159 e. The van der Waals surface area contributed by atoms with Gasteiger partial charge in [0.15, 0.2) is 5.65 Å². The first-order valence-electron chi connectivity index (χ1n) is 19.9. The quantitative estimate of drug-likeness (QED) is 0.155. The lowest BCUT2D eigenvalue weighted by Gasteiger charge is -1.92. The number of aromatic nitrogens is 5. The molecule has 0 saturated heterocycles. The summed E-state index contributed by atoms with van der Waals surface area (Å²) in [6.07, 6.45) is 8.69. The molecule has 4 heterocycles. The van der Waals surface area contributed by atoms with E-state index in [0.29, 0.717) is 0 Å². The minimum Gasteiger partial charge on any atom is -0.256 e. The van der Waals surface area contributed by atoms with Crippen LogP contribution in [-0.4, -0.2) is 24.9 Å². The molecular weight excluding hydrogens is 683 g/mol. The minimum absolute atomic E-state index is 0.810. The van der Waals surface area contributed by atoms with Gasteiger partial charge in [0, 0.05) is 41.8 Å². The van der Waals surface area contributed by atoms with Crippen LogP contribution in [0.15, 0.2) is 201 Å². The summed E-state index contributed by atoms with van der Waals surface area (Å²) in [6, 6.07) is 56.4. The molecule has 0 unspecified atom stereocenters. The third-order valence-corrected chi connectivity index (χ3v) is 6.59. The number of para-hydroxylation sites is 3. The molecule has 4 aromatic heterocycles. The van der Waals surface area contributed by atoms with Gasteiger partial charge >= 0.3 is 0 Å². The van der Waals surface area contributed by atoms with Crippen LogP contribution in [0.25, 0.3) is 43.7 Å². The highest BCUT2D eigenvalue weighted by Gasteiger charge is 1.90. The third kappa shape index (κ3) is 20.2. The molecule has 0 radical (unpaired) electrons. The Labute approximate surface area is 337 Å². The summed E-state index contributed by atoms with van der Waals surface area (Å²) in [5.74, 6) is 0. The number of nitrogens with zero attached hydrogens (tertiary/aromatic N) is 5. The van der Waals surface area contributed by atoms with Crippen LogP contribution < -0.4 is 0 Å². The molecule has 0 aliphatic carbocycles. The van der Waals surface area contributed by atoms with Gasteiger partial charge in [-0.15, -0.1) is 0 Å². The number of hydrogen-bond donors (Lipinski definition) is 0. The van der Waals surface area contributed by atoms with Crippen LogP contribution in [0.1, 0.15) is 69.2 Å². The summed E-state index contributed by atoms with van der Waals surface area (Å²) in [5.41, 5.74) is 3.77. The van der Waals surface area contributed by atoms with Crippen molar-refractivity contribution in [3.8, 4) is 0 Å². The summed E-state index contributed by atoms with van der Waals surface area (Å²) >= 11 is 0. The van der Waals surface area contributed by atoms with E-state index in [1.165, 1.54) is 16.2 Å². The van der Waals surface area contributed by atoms with E-state index in [-0.39, 0.29) is 0 Å². The standard InChI is InChI=1S/C10H8.C9H7N.2C8H6N2.C6H6.5C2H6/c1-2-6-10-8-4-3-7-9(10)5-1;1-2-6-9-8(4-1)5-3-7-10-9;1-3-7-4-2-6-10-8(7)9-5-1;1-2-4-8-7(3-1)9-5-6-10-8;1-2-4-6-5-3-1;5*1-2/h1-8H;1-7H;2*1-6H;1-6H;5*1-2H3. The van der Waals surface area contributed by atoms with Crippen LogP contribution in [0.2, 0.25) is 0 Å². The molecule has 0 atom stereocenters. The number of fused-ring (bicyclic) bond motifs is 4. The number of benzene rings is 5. The fourth-order valence-corrected chi connectivity index (χ4v) is 4.35. The molecular formula is C51H63N5. The number of rotatable bonds is 0. The second-order valence-electron chi connectivity index (χ2n) is 9.80. The van der Waals surface area contributed by atoms with Crippen LogP contribution in [-0.2, 0) is 0 Å². The van der Waals surface area contributed by atoms with Crippen molar-refractivity contribution in [2.45, 2.75) is 69.2 Å². The Morgan fingerprint density at radius 3 is 0.839 bits per heavy atom. The summed E-state index contributed by atoms with van der Waals surface area (Å²) in [6.45, 7) is 20.0. The first-order valence-corrected chi connectivity index (χ1v) is 19.9. The van der Waals surface area contributed by atoms with Gasteiger partial charge in [0.05, 0.1) is 16.6 Å². The Kier molecular flexibility index (Phi) is 31.7. The van der Waals surface area contributed by atoms with Crippen molar-refractivity contribution >= 4 is 43.7 Å². The molecule has 0 bridgehead atoms. The zero-order valence-electron chi connectivity index (χ0n) is 35.3. The summed E-state index contributed by atoms with van der Waals surface area (Å²) in [4.78, 5) is 20.6. The lowest BCUT2D eigenvalue weighted by Crippen LogP contribution is -1.78. The van der Waals surface area contributed by atoms with E-state index in [0.717, 1.165) is 27.6 Å². The first-order chi connectivity index (χ1) is 27.9. The van der Waals surface area contributed by atoms with Crippen molar-refractivity contribution < 1.29 is 0 Å². The Bertz CT molecular complexity index is 1610. The van der Waals surface area contributed by atoms with E-state index < -0.39 is 0 Å². The van der Waals surface area contributed by atoms with Gasteiger partial charge in [-0.05, 0) is 59.3 Å². The van der Waals surface area contributed by atoms with Crippen molar-refractivity contribution in [2.75, 3.05) is 0 Å². The molecule has 56 heavy (non-hydrogen) atoms. The Balaban J connectivity index is 0.000000643. The molecule has 5 heteroatoms. The topological polar surface area (TPSA) is 64.5 Å². The zero-order valence-corrected chi connectivity index (χ0v) is 35.3. The van der Waals surface area contributed by atoms with Crippen molar-refractivity contribution in [2.24, 2.45) is 0 Å². The minimum atomic E-state index is 0.810. The van der Waals surface area contributed by atoms with E-state index in [1.54, 1.807) is 24.8 Å². The highest BCUT2D eigenvalue weighted by atomic mass is 14.8. The summed E-state index contributed by atoms with van der Waals surface area (Å²) in [5, 5.41) is 4.91. The molecule has 0 spiro atoms. The third-order valence-electron chi connectivity index (χ3n) is 6.59. The summed E-state index contributed by atoms with van der Waals surface area (Å²) < 4.78 is 0.